The summed E-state index contributed by atoms with van der Waals surface area (Å²) < 4.78 is 38.5. The van der Waals surface area contributed by atoms with Gasteiger partial charge in [-0.05, 0) is 55.5 Å². The lowest BCUT2D eigenvalue weighted by atomic mass is 9.96. The molecule has 4 rings (SSSR count). The van der Waals surface area contributed by atoms with Crippen molar-refractivity contribution >= 4 is 15.9 Å². The van der Waals surface area contributed by atoms with Gasteiger partial charge in [-0.1, -0.05) is 30.3 Å². The Labute approximate surface area is 196 Å². The number of nitrogens with zero attached hydrogens (tertiary/aromatic N) is 2. The monoisotopic (exact) mass is 472 g/mol. The Kier molecular flexibility index (Phi) is 7.67. The van der Waals surface area contributed by atoms with E-state index in [-0.39, 0.29) is 17.9 Å². The minimum atomic E-state index is -3.53. The van der Waals surface area contributed by atoms with Crippen molar-refractivity contribution in [3.63, 3.8) is 0 Å². The predicted octanol–water partition coefficient (Wildman–Crippen LogP) is 3.30. The molecule has 2 fully saturated rings. The lowest BCUT2D eigenvalue weighted by molar-refractivity contribution is -0.139. The summed E-state index contributed by atoms with van der Waals surface area (Å²) >= 11 is 0. The number of carbonyl (C=O) groups excluding carboxylic acids is 1. The SMILES string of the molecule is COc1cccc(CN(CC2CCCO2)C(=O)C2CCN(S(=O)(=O)c3ccccc3)CC2)c1. The zero-order valence-corrected chi connectivity index (χ0v) is 19.9. The Morgan fingerprint density at radius 3 is 2.52 bits per heavy atom. The highest BCUT2D eigenvalue weighted by Gasteiger charge is 2.34. The van der Waals surface area contributed by atoms with Crippen LogP contribution in [0.2, 0.25) is 0 Å². The van der Waals surface area contributed by atoms with E-state index < -0.39 is 10.0 Å². The zero-order valence-electron chi connectivity index (χ0n) is 19.1. The first-order chi connectivity index (χ1) is 16.0. The molecule has 1 unspecified atom stereocenters. The van der Waals surface area contributed by atoms with Crippen molar-refractivity contribution in [2.75, 3.05) is 33.4 Å². The number of piperidine rings is 1. The molecule has 1 amide bonds. The largest absolute Gasteiger partial charge is 0.497 e. The number of hydrogen-bond donors (Lipinski definition) is 0. The van der Waals surface area contributed by atoms with Gasteiger partial charge in [0.25, 0.3) is 0 Å². The first-order valence-corrected chi connectivity index (χ1v) is 13.0. The van der Waals surface area contributed by atoms with Crippen LogP contribution < -0.4 is 4.74 Å². The average molecular weight is 473 g/mol. The van der Waals surface area contributed by atoms with E-state index in [1.165, 1.54) is 4.31 Å². The quantitative estimate of drug-likeness (QED) is 0.589. The summed E-state index contributed by atoms with van der Waals surface area (Å²) in [5, 5.41) is 0. The highest BCUT2D eigenvalue weighted by Crippen LogP contribution is 2.27. The highest BCUT2D eigenvalue weighted by atomic mass is 32.2. The van der Waals surface area contributed by atoms with E-state index in [1.807, 2.05) is 29.2 Å². The standard InChI is InChI=1S/C25H32N2O5S/c1-31-22-8-5-7-20(17-22)18-26(19-23-9-6-16-32-23)25(28)21-12-14-27(15-13-21)33(29,30)24-10-3-2-4-11-24/h2-5,7-8,10-11,17,21,23H,6,9,12-16,18-19H2,1H3. The molecule has 1 atom stereocenters. The van der Waals surface area contributed by atoms with E-state index >= 15 is 0 Å². The second-order valence-electron chi connectivity index (χ2n) is 8.70. The summed E-state index contributed by atoms with van der Waals surface area (Å²) in [6, 6.07) is 16.2. The molecule has 178 valence electrons. The van der Waals surface area contributed by atoms with Crippen LogP contribution in [-0.4, -0.2) is 63.0 Å². The number of hydrogen-bond acceptors (Lipinski definition) is 5. The third-order valence-electron chi connectivity index (χ3n) is 6.45. The minimum absolute atomic E-state index is 0.0538. The number of benzene rings is 2. The van der Waals surface area contributed by atoms with Gasteiger partial charge in [-0.2, -0.15) is 4.31 Å². The Balaban J connectivity index is 1.43. The molecule has 0 spiro atoms. The van der Waals surface area contributed by atoms with Gasteiger partial charge in [0.1, 0.15) is 5.75 Å². The first-order valence-electron chi connectivity index (χ1n) is 11.6. The van der Waals surface area contributed by atoms with Crippen LogP contribution in [0.5, 0.6) is 5.75 Å². The molecule has 0 radical (unpaired) electrons. The van der Waals surface area contributed by atoms with E-state index in [9.17, 15) is 13.2 Å². The Bertz CT molecular complexity index is 1030. The van der Waals surface area contributed by atoms with Crippen molar-refractivity contribution in [2.24, 2.45) is 5.92 Å². The van der Waals surface area contributed by atoms with Gasteiger partial charge in [-0.15, -0.1) is 0 Å². The van der Waals surface area contributed by atoms with E-state index in [2.05, 4.69) is 0 Å². The van der Waals surface area contributed by atoms with Crippen molar-refractivity contribution in [1.29, 1.82) is 0 Å². The van der Waals surface area contributed by atoms with Gasteiger partial charge in [0, 0.05) is 38.7 Å². The van der Waals surface area contributed by atoms with Gasteiger partial charge in [-0.3, -0.25) is 4.79 Å². The van der Waals surface area contributed by atoms with Crippen LogP contribution in [0.1, 0.15) is 31.2 Å². The van der Waals surface area contributed by atoms with Crippen LogP contribution in [0, 0.1) is 5.92 Å². The lowest BCUT2D eigenvalue weighted by Gasteiger charge is -2.34. The van der Waals surface area contributed by atoms with Crippen LogP contribution in [0.3, 0.4) is 0 Å². The molecule has 0 saturated carbocycles. The maximum atomic E-state index is 13.5. The van der Waals surface area contributed by atoms with E-state index in [0.29, 0.717) is 43.9 Å². The minimum Gasteiger partial charge on any atom is -0.497 e. The summed E-state index contributed by atoms with van der Waals surface area (Å²) in [4.78, 5) is 15.7. The second kappa shape index (κ2) is 10.7. The van der Waals surface area contributed by atoms with Gasteiger partial charge in [-0.25, -0.2) is 8.42 Å². The fourth-order valence-corrected chi connectivity index (χ4v) is 6.09. The maximum absolute atomic E-state index is 13.5. The topological polar surface area (TPSA) is 76.2 Å². The summed E-state index contributed by atoms with van der Waals surface area (Å²) in [5.41, 5.74) is 1.00. The molecule has 33 heavy (non-hydrogen) atoms. The smallest absolute Gasteiger partial charge is 0.243 e. The number of ether oxygens (including phenoxy) is 2. The molecular weight excluding hydrogens is 440 g/mol. The lowest BCUT2D eigenvalue weighted by Crippen LogP contribution is -2.45. The summed E-state index contributed by atoms with van der Waals surface area (Å²) in [7, 11) is -1.90. The van der Waals surface area contributed by atoms with E-state index in [1.54, 1.807) is 37.4 Å². The highest BCUT2D eigenvalue weighted by molar-refractivity contribution is 7.89. The molecule has 0 bridgehead atoms. The number of amides is 1. The normalized spacial score (nSPS) is 20.0. The third kappa shape index (κ3) is 5.75. The van der Waals surface area contributed by atoms with Gasteiger partial charge >= 0.3 is 0 Å². The van der Waals surface area contributed by atoms with Crippen LogP contribution in [0.25, 0.3) is 0 Å². The van der Waals surface area contributed by atoms with Crippen LogP contribution in [0.15, 0.2) is 59.5 Å². The zero-order chi connectivity index (χ0) is 23.3. The second-order valence-corrected chi connectivity index (χ2v) is 10.6. The Morgan fingerprint density at radius 1 is 1.09 bits per heavy atom. The Morgan fingerprint density at radius 2 is 1.85 bits per heavy atom. The number of carbonyl (C=O) groups is 1. The van der Waals surface area contributed by atoms with Gasteiger partial charge in [0.05, 0.1) is 18.1 Å². The van der Waals surface area contributed by atoms with Gasteiger partial charge in [0.15, 0.2) is 0 Å². The molecule has 0 N–H and O–H groups in total. The van der Waals surface area contributed by atoms with Crippen LogP contribution in [-0.2, 0) is 26.1 Å². The first kappa shape index (κ1) is 23.7. The summed E-state index contributed by atoms with van der Waals surface area (Å²) in [6.45, 7) is 2.47. The number of methoxy groups -OCH3 is 1. The maximum Gasteiger partial charge on any atom is 0.243 e. The van der Waals surface area contributed by atoms with E-state index in [0.717, 1.165) is 30.8 Å². The van der Waals surface area contributed by atoms with Crippen LogP contribution >= 0.6 is 0 Å². The molecule has 0 aliphatic carbocycles. The van der Waals surface area contributed by atoms with Gasteiger partial charge < -0.3 is 14.4 Å². The fourth-order valence-electron chi connectivity index (χ4n) is 4.60. The summed E-state index contributed by atoms with van der Waals surface area (Å²) in [5.74, 6) is 0.640. The van der Waals surface area contributed by atoms with Crippen molar-refractivity contribution < 1.29 is 22.7 Å². The molecule has 7 nitrogen and oxygen atoms in total. The van der Waals surface area contributed by atoms with Crippen molar-refractivity contribution in [1.82, 2.24) is 9.21 Å². The molecule has 2 aliphatic heterocycles. The number of sulfonamides is 1. The van der Waals surface area contributed by atoms with E-state index in [4.69, 9.17) is 9.47 Å². The molecular formula is C25H32N2O5S. The number of rotatable bonds is 8. The van der Waals surface area contributed by atoms with Crippen LogP contribution in [0.4, 0.5) is 0 Å². The molecule has 8 heteroatoms. The van der Waals surface area contributed by atoms with Crippen molar-refractivity contribution in [3.05, 3.63) is 60.2 Å². The molecule has 2 aromatic rings. The predicted molar refractivity (Wildman–Crippen MR) is 125 cm³/mol. The molecule has 0 aromatic heterocycles. The summed E-state index contributed by atoms with van der Waals surface area (Å²) in [6.07, 6.45) is 3.06. The molecule has 2 saturated heterocycles. The van der Waals surface area contributed by atoms with Gasteiger partial charge in [0.2, 0.25) is 15.9 Å². The Hall–Kier alpha value is -2.42. The van der Waals surface area contributed by atoms with Crippen molar-refractivity contribution in [3.8, 4) is 5.75 Å². The molecule has 2 aliphatic rings. The van der Waals surface area contributed by atoms with Crippen molar-refractivity contribution in [2.45, 2.75) is 43.2 Å². The fraction of sp³-hybridized carbons (Fsp3) is 0.480. The average Bonchev–Trinajstić information content (AvgIpc) is 3.37. The molecule has 2 heterocycles. The third-order valence-corrected chi connectivity index (χ3v) is 8.36. The molecule has 2 aromatic carbocycles.